The predicted octanol–water partition coefficient (Wildman–Crippen LogP) is 0.221. The number of rotatable bonds is 1. The fourth-order valence-electron chi connectivity index (χ4n) is 0.277. The van der Waals surface area contributed by atoms with Crippen molar-refractivity contribution in [3.63, 3.8) is 0 Å². The van der Waals surface area contributed by atoms with E-state index in [-0.39, 0.29) is 11.8 Å². The Hall–Kier alpha value is -1.32. The van der Waals surface area contributed by atoms with Crippen LogP contribution in [0.3, 0.4) is 0 Å². The minimum Gasteiger partial charge on any atom is -0.273 e. The van der Waals surface area contributed by atoms with Crippen LogP contribution in [0.4, 0.5) is 0 Å². The fourth-order valence-corrected chi connectivity index (χ4v) is 0.277. The molecule has 0 fully saturated rings. The molecule has 0 aliphatic heterocycles. The molecule has 0 aromatic heterocycles. The van der Waals surface area contributed by atoms with Gasteiger partial charge in [0.1, 0.15) is 0 Å². The summed E-state index contributed by atoms with van der Waals surface area (Å²) in [7, 11) is 0. The highest BCUT2D eigenvalue weighted by Gasteiger charge is 1.80. The van der Waals surface area contributed by atoms with Gasteiger partial charge >= 0.3 is 0 Å². The van der Waals surface area contributed by atoms with Crippen molar-refractivity contribution in [2.45, 2.75) is 13.8 Å². The van der Waals surface area contributed by atoms with E-state index in [1.54, 1.807) is 0 Å². The van der Waals surface area contributed by atoms with Crippen LogP contribution in [0.2, 0.25) is 0 Å². The van der Waals surface area contributed by atoms with E-state index in [1.165, 1.54) is 26.3 Å². The summed E-state index contributed by atoms with van der Waals surface area (Å²) in [6.07, 6.45) is 2.37. The van der Waals surface area contributed by atoms with Crippen LogP contribution in [-0.4, -0.2) is 24.2 Å². The van der Waals surface area contributed by atoms with Crippen LogP contribution in [0, 0.1) is 0 Å². The van der Waals surface area contributed by atoms with Crippen LogP contribution in [0.5, 0.6) is 0 Å². The van der Waals surface area contributed by atoms with Gasteiger partial charge in [0.2, 0.25) is 11.8 Å². The topological polar surface area (TPSA) is 58.9 Å². The molecule has 0 saturated carbocycles. The van der Waals surface area contributed by atoms with Crippen LogP contribution in [0.25, 0.3) is 0 Å². The van der Waals surface area contributed by atoms with Crippen molar-refractivity contribution in [1.82, 2.24) is 0 Å². The van der Waals surface area contributed by atoms with Gasteiger partial charge in [-0.25, -0.2) is 9.98 Å². The monoisotopic (exact) mass is 140 g/mol. The third-order valence-corrected chi connectivity index (χ3v) is 0.579. The molecule has 0 unspecified atom stereocenters. The molecule has 0 bridgehead atoms. The summed E-state index contributed by atoms with van der Waals surface area (Å²) in [6.45, 7) is 2.64. The number of hydrogen-bond acceptors (Lipinski definition) is 2. The lowest BCUT2D eigenvalue weighted by molar-refractivity contribution is -0.116. The summed E-state index contributed by atoms with van der Waals surface area (Å²) >= 11 is 0. The summed E-state index contributed by atoms with van der Waals surface area (Å²) in [5.74, 6) is -0.620. The molecule has 0 atom stereocenters. The maximum atomic E-state index is 10.1. The van der Waals surface area contributed by atoms with Crippen molar-refractivity contribution in [3.8, 4) is 0 Å². The molecule has 0 radical (unpaired) electrons. The lowest BCUT2D eigenvalue weighted by Gasteiger charge is -1.75. The van der Waals surface area contributed by atoms with Gasteiger partial charge in [0, 0.05) is 26.3 Å². The molecule has 0 heterocycles. The summed E-state index contributed by atoms with van der Waals surface area (Å²) in [6, 6.07) is 0. The highest BCUT2D eigenvalue weighted by Crippen LogP contribution is 1.68. The van der Waals surface area contributed by atoms with E-state index in [0.29, 0.717) is 0 Å². The van der Waals surface area contributed by atoms with E-state index in [1.807, 2.05) is 0 Å². The number of carbonyl (C=O) groups is 2. The van der Waals surface area contributed by atoms with Gasteiger partial charge < -0.3 is 0 Å². The van der Waals surface area contributed by atoms with Gasteiger partial charge in [-0.15, -0.1) is 0 Å². The molecular formula is C6H8N2O2. The first-order valence-corrected chi connectivity index (χ1v) is 2.71. The molecule has 54 valence electrons. The molecule has 0 aromatic rings. The first-order valence-electron chi connectivity index (χ1n) is 2.71. The van der Waals surface area contributed by atoms with Crippen LogP contribution < -0.4 is 0 Å². The Bertz CT molecular complexity index is 172. The van der Waals surface area contributed by atoms with Crippen molar-refractivity contribution in [3.05, 3.63) is 0 Å². The second-order valence-electron chi connectivity index (χ2n) is 1.59. The van der Waals surface area contributed by atoms with Crippen molar-refractivity contribution in [2.75, 3.05) is 0 Å². The maximum Gasteiger partial charge on any atom is 0.242 e. The summed E-state index contributed by atoms with van der Waals surface area (Å²) in [4.78, 5) is 27.0. The Morgan fingerprint density at radius 1 is 1.00 bits per heavy atom. The summed E-state index contributed by atoms with van der Waals surface area (Å²) in [5.41, 5.74) is 0. The Kier molecular flexibility index (Phi) is 3.95. The average molecular weight is 140 g/mol. The molecule has 0 rings (SSSR count). The maximum absolute atomic E-state index is 10.1. The van der Waals surface area contributed by atoms with E-state index < -0.39 is 0 Å². The Labute approximate surface area is 58.7 Å². The van der Waals surface area contributed by atoms with Gasteiger partial charge in [-0.1, -0.05) is 0 Å². The van der Waals surface area contributed by atoms with E-state index >= 15 is 0 Å². The lowest BCUT2D eigenvalue weighted by Crippen LogP contribution is -1.88. The first kappa shape index (κ1) is 8.68. The Morgan fingerprint density at radius 2 is 1.30 bits per heavy atom. The van der Waals surface area contributed by atoms with Crippen molar-refractivity contribution in [2.24, 2.45) is 9.98 Å². The SMILES string of the molecule is CC(=O)N=CC=NC(C)=O. The molecule has 2 amide bonds. The van der Waals surface area contributed by atoms with Gasteiger partial charge in [-0.05, 0) is 0 Å². The van der Waals surface area contributed by atoms with Crippen LogP contribution in [-0.2, 0) is 9.59 Å². The quantitative estimate of drug-likeness (QED) is 0.489. The van der Waals surface area contributed by atoms with Crippen molar-refractivity contribution >= 4 is 24.2 Å². The van der Waals surface area contributed by atoms with Crippen LogP contribution in [0.1, 0.15) is 13.8 Å². The van der Waals surface area contributed by atoms with Crippen molar-refractivity contribution in [1.29, 1.82) is 0 Å². The molecule has 4 nitrogen and oxygen atoms in total. The Balaban J connectivity index is 3.73. The molecule has 0 aliphatic rings. The molecule has 4 heteroatoms. The summed E-state index contributed by atoms with van der Waals surface area (Å²) in [5, 5.41) is 0. The van der Waals surface area contributed by atoms with Crippen LogP contribution in [0.15, 0.2) is 9.98 Å². The molecule has 0 aliphatic carbocycles. The minimum atomic E-state index is -0.310. The van der Waals surface area contributed by atoms with Crippen molar-refractivity contribution < 1.29 is 9.59 Å². The molecule has 0 N–H and O–H groups in total. The minimum absolute atomic E-state index is 0.310. The van der Waals surface area contributed by atoms with E-state index in [9.17, 15) is 9.59 Å². The second kappa shape index (κ2) is 4.55. The standard InChI is InChI=1S/C6H8N2O2/c1-5(9)7-3-4-8-6(2)10/h3-4H,1-2H3. The van der Waals surface area contributed by atoms with Gasteiger partial charge in [0.25, 0.3) is 0 Å². The molecular weight excluding hydrogens is 132 g/mol. The highest BCUT2D eigenvalue weighted by atomic mass is 16.1. The lowest BCUT2D eigenvalue weighted by atomic mass is 10.7. The predicted molar refractivity (Wildman–Crippen MR) is 38.3 cm³/mol. The zero-order chi connectivity index (χ0) is 7.98. The zero-order valence-corrected chi connectivity index (χ0v) is 5.87. The number of hydrogen-bond donors (Lipinski definition) is 0. The second-order valence-corrected chi connectivity index (χ2v) is 1.59. The molecule has 10 heavy (non-hydrogen) atoms. The average Bonchev–Trinajstić information content (AvgIpc) is 1.79. The zero-order valence-electron chi connectivity index (χ0n) is 5.87. The smallest absolute Gasteiger partial charge is 0.242 e. The number of carbonyl (C=O) groups excluding carboxylic acids is 2. The molecule has 0 spiro atoms. The number of nitrogens with zero attached hydrogens (tertiary/aromatic N) is 2. The summed E-state index contributed by atoms with van der Waals surface area (Å²) < 4.78 is 0. The Morgan fingerprint density at radius 3 is 1.50 bits per heavy atom. The molecule has 0 aromatic carbocycles. The van der Waals surface area contributed by atoms with E-state index in [2.05, 4.69) is 9.98 Å². The number of aliphatic imine (C=N–C) groups is 2. The van der Waals surface area contributed by atoms with Gasteiger partial charge in [-0.3, -0.25) is 9.59 Å². The fraction of sp³-hybridized carbons (Fsp3) is 0.333. The number of amides is 2. The van der Waals surface area contributed by atoms with Gasteiger partial charge in [0.15, 0.2) is 0 Å². The van der Waals surface area contributed by atoms with E-state index in [4.69, 9.17) is 0 Å². The van der Waals surface area contributed by atoms with Gasteiger partial charge in [0.05, 0.1) is 0 Å². The third-order valence-electron chi connectivity index (χ3n) is 0.579. The first-order chi connectivity index (χ1) is 4.63. The van der Waals surface area contributed by atoms with Gasteiger partial charge in [-0.2, -0.15) is 0 Å². The normalized spacial score (nSPS) is 11.0. The molecule has 0 saturated heterocycles. The largest absolute Gasteiger partial charge is 0.273 e. The van der Waals surface area contributed by atoms with Crippen LogP contribution >= 0.6 is 0 Å². The highest BCUT2D eigenvalue weighted by molar-refractivity contribution is 6.20. The third kappa shape index (κ3) is 6.68. The van der Waals surface area contributed by atoms with E-state index in [0.717, 1.165) is 0 Å².